The first kappa shape index (κ1) is 21.4. The van der Waals surface area contributed by atoms with Gasteiger partial charge in [0.05, 0.1) is 11.4 Å². The first-order valence-corrected chi connectivity index (χ1v) is 10.3. The molecule has 0 radical (unpaired) electrons. The molecule has 2 rings (SSSR count). The van der Waals surface area contributed by atoms with Crippen LogP contribution in [0.25, 0.3) is 0 Å². The molecular formula is C21H35N5O. The molecule has 0 aliphatic carbocycles. The van der Waals surface area contributed by atoms with Crippen molar-refractivity contribution in [3.8, 4) is 0 Å². The number of amidine groups is 1. The van der Waals surface area contributed by atoms with Gasteiger partial charge in [-0.25, -0.2) is 4.79 Å². The number of amides is 2. The Kier molecular flexibility index (Phi) is 8.72. The van der Waals surface area contributed by atoms with Crippen LogP contribution in [0.15, 0.2) is 23.3 Å². The second-order valence-electron chi connectivity index (χ2n) is 7.59. The minimum absolute atomic E-state index is 0.158. The third-order valence-corrected chi connectivity index (χ3v) is 5.53. The fraction of sp³-hybridized carbons (Fsp3) is 0.667. The van der Waals surface area contributed by atoms with E-state index in [1.165, 1.54) is 25.7 Å². The van der Waals surface area contributed by atoms with Gasteiger partial charge in [-0.2, -0.15) is 4.99 Å². The van der Waals surface area contributed by atoms with Gasteiger partial charge in [0.25, 0.3) is 0 Å². The Bertz CT molecular complexity index is 631. The zero-order chi connectivity index (χ0) is 19.6. The van der Waals surface area contributed by atoms with Gasteiger partial charge in [-0.3, -0.25) is 4.98 Å². The van der Waals surface area contributed by atoms with Crippen LogP contribution in [0.4, 0.5) is 10.5 Å². The van der Waals surface area contributed by atoms with Gasteiger partial charge >= 0.3 is 6.03 Å². The Morgan fingerprint density at radius 2 is 2.26 bits per heavy atom. The first-order chi connectivity index (χ1) is 13.0. The maximum absolute atomic E-state index is 12.2. The van der Waals surface area contributed by atoms with E-state index in [-0.39, 0.29) is 5.92 Å². The van der Waals surface area contributed by atoms with Gasteiger partial charge in [-0.1, -0.05) is 33.1 Å². The minimum Gasteiger partial charge on any atom is -0.387 e. The predicted octanol–water partition coefficient (Wildman–Crippen LogP) is 4.21. The Balaban J connectivity index is 1.87. The monoisotopic (exact) mass is 373 g/mol. The van der Waals surface area contributed by atoms with Crippen molar-refractivity contribution in [3.63, 3.8) is 0 Å². The number of rotatable bonds is 8. The molecule has 6 nitrogen and oxygen atoms in total. The molecule has 0 spiro atoms. The highest BCUT2D eigenvalue weighted by Gasteiger charge is 2.23. The smallest absolute Gasteiger partial charge is 0.347 e. The van der Waals surface area contributed by atoms with E-state index >= 15 is 0 Å². The molecule has 0 bridgehead atoms. The molecule has 6 heteroatoms. The number of aromatic nitrogens is 1. The molecule has 0 saturated carbocycles. The van der Waals surface area contributed by atoms with Crippen LogP contribution in [0.2, 0.25) is 0 Å². The molecule has 3 N–H and O–H groups in total. The summed E-state index contributed by atoms with van der Waals surface area (Å²) in [5, 5.41) is 2.77. The SMILES string of the molecule is CCCC(CC)CCN1CCCC(/C(N)=N/C(=O)Nc2cccnc2C)C1. The normalized spacial score (nSPS) is 19.7. The second kappa shape index (κ2) is 11.0. The molecule has 2 heterocycles. The van der Waals surface area contributed by atoms with Crippen LogP contribution >= 0.6 is 0 Å². The summed E-state index contributed by atoms with van der Waals surface area (Å²) < 4.78 is 0. The molecule has 0 aromatic carbocycles. The molecule has 2 unspecified atom stereocenters. The number of aryl methyl sites for hydroxylation is 1. The van der Waals surface area contributed by atoms with Gasteiger partial charge in [0.1, 0.15) is 5.84 Å². The van der Waals surface area contributed by atoms with E-state index in [1.807, 2.05) is 13.0 Å². The maximum atomic E-state index is 12.2. The molecule has 1 aromatic heterocycles. The lowest BCUT2D eigenvalue weighted by molar-refractivity contribution is 0.188. The van der Waals surface area contributed by atoms with Gasteiger partial charge in [-0.05, 0) is 57.3 Å². The van der Waals surface area contributed by atoms with Crippen LogP contribution < -0.4 is 11.1 Å². The number of urea groups is 1. The number of hydrogen-bond donors (Lipinski definition) is 2. The molecule has 27 heavy (non-hydrogen) atoms. The van der Waals surface area contributed by atoms with Gasteiger partial charge in [-0.15, -0.1) is 0 Å². The van der Waals surface area contributed by atoms with Crippen LogP contribution in [-0.2, 0) is 0 Å². The predicted molar refractivity (Wildman–Crippen MR) is 112 cm³/mol. The number of anilines is 1. The van der Waals surface area contributed by atoms with E-state index in [1.54, 1.807) is 12.3 Å². The Morgan fingerprint density at radius 1 is 1.44 bits per heavy atom. The van der Waals surface area contributed by atoms with Crippen LogP contribution in [0.3, 0.4) is 0 Å². The highest BCUT2D eigenvalue weighted by atomic mass is 16.2. The summed E-state index contributed by atoms with van der Waals surface area (Å²) in [5.74, 6) is 1.42. The molecular weight excluding hydrogens is 338 g/mol. The lowest BCUT2D eigenvalue weighted by atomic mass is 9.94. The number of hydrogen-bond acceptors (Lipinski definition) is 3. The summed E-state index contributed by atoms with van der Waals surface area (Å²) >= 11 is 0. The zero-order valence-electron chi connectivity index (χ0n) is 17.1. The quantitative estimate of drug-likeness (QED) is 0.528. The van der Waals surface area contributed by atoms with Crippen molar-refractivity contribution in [3.05, 3.63) is 24.0 Å². The Morgan fingerprint density at radius 3 is 2.96 bits per heavy atom. The lowest BCUT2D eigenvalue weighted by Gasteiger charge is -2.33. The van der Waals surface area contributed by atoms with Gasteiger partial charge < -0.3 is 16.0 Å². The van der Waals surface area contributed by atoms with Crippen molar-refractivity contribution in [1.82, 2.24) is 9.88 Å². The molecule has 1 aliphatic rings. The fourth-order valence-corrected chi connectivity index (χ4v) is 3.79. The number of pyridine rings is 1. The highest BCUT2D eigenvalue weighted by molar-refractivity contribution is 6.00. The molecule has 2 amide bonds. The average molecular weight is 374 g/mol. The molecule has 150 valence electrons. The van der Waals surface area contributed by atoms with E-state index in [2.05, 4.69) is 34.0 Å². The van der Waals surface area contributed by atoms with E-state index in [0.29, 0.717) is 11.5 Å². The third kappa shape index (κ3) is 6.94. The third-order valence-electron chi connectivity index (χ3n) is 5.53. The number of piperidine rings is 1. The average Bonchev–Trinajstić information content (AvgIpc) is 2.67. The Labute approximate surface area is 163 Å². The van der Waals surface area contributed by atoms with Crippen molar-refractivity contribution in [2.75, 3.05) is 25.0 Å². The first-order valence-electron chi connectivity index (χ1n) is 10.3. The maximum Gasteiger partial charge on any atom is 0.347 e. The number of nitrogens with two attached hydrogens (primary N) is 1. The summed E-state index contributed by atoms with van der Waals surface area (Å²) in [7, 11) is 0. The van der Waals surface area contributed by atoms with Crippen molar-refractivity contribution >= 4 is 17.6 Å². The Hall–Kier alpha value is -1.95. The highest BCUT2D eigenvalue weighted by Crippen LogP contribution is 2.21. The fourth-order valence-electron chi connectivity index (χ4n) is 3.79. The number of carbonyl (C=O) groups is 1. The molecule has 2 atom stereocenters. The van der Waals surface area contributed by atoms with E-state index in [4.69, 9.17) is 5.73 Å². The van der Waals surface area contributed by atoms with Crippen molar-refractivity contribution in [2.24, 2.45) is 22.6 Å². The van der Waals surface area contributed by atoms with Crippen molar-refractivity contribution < 1.29 is 4.79 Å². The van der Waals surface area contributed by atoms with Crippen LogP contribution in [0.5, 0.6) is 0 Å². The molecule has 1 aromatic rings. The van der Waals surface area contributed by atoms with E-state index in [0.717, 1.165) is 44.1 Å². The lowest BCUT2D eigenvalue weighted by Crippen LogP contribution is -2.42. The van der Waals surface area contributed by atoms with Crippen molar-refractivity contribution in [1.29, 1.82) is 0 Å². The van der Waals surface area contributed by atoms with Gasteiger partial charge in [0.2, 0.25) is 0 Å². The van der Waals surface area contributed by atoms with Gasteiger partial charge in [0.15, 0.2) is 0 Å². The standard InChI is InChI=1S/C21H35N5O/c1-4-8-17(5-2)11-14-26-13-7-9-18(15-26)20(22)25-21(27)24-19-10-6-12-23-16(19)3/h6,10,12,17-18H,4-5,7-9,11,13-15H2,1-3H3,(H3,22,24,25,27). The molecule has 1 saturated heterocycles. The molecule has 1 fully saturated rings. The van der Waals surface area contributed by atoms with E-state index in [9.17, 15) is 4.79 Å². The largest absolute Gasteiger partial charge is 0.387 e. The number of nitrogens with one attached hydrogen (secondary N) is 1. The summed E-state index contributed by atoms with van der Waals surface area (Å²) in [6.07, 6.45) is 8.86. The minimum atomic E-state index is -0.422. The van der Waals surface area contributed by atoms with Crippen LogP contribution in [-0.4, -0.2) is 41.4 Å². The van der Waals surface area contributed by atoms with Crippen LogP contribution in [0.1, 0.15) is 58.1 Å². The number of likely N-dealkylation sites (tertiary alicyclic amines) is 1. The van der Waals surface area contributed by atoms with E-state index < -0.39 is 6.03 Å². The number of nitrogens with zero attached hydrogens (tertiary/aromatic N) is 3. The van der Waals surface area contributed by atoms with Crippen molar-refractivity contribution in [2.45, 2.75) is 59.3 Å². The zero-order valence-corrected chi connectivity index (χ0v) is 17.1. The summed E-state index contributed by atoms with van der Waals surface area (Å²) in [6.45, 7) is 9.53. The van der Waals surface area contributed by atoms with Crippen LogP contribution in [0, 0.1) is 18.8 Å². The number of carbonyl (C=O) groups excluding carboxylic acids is 1. The topological polar surface area (TPSA) is 83.6 Å². The summed E-state index contributed by atoms with van der Waals surface area (Å²) in [4.78, 5) is 23.0. The summed E-state index contributed by atoms with van der Waals surface area (Å²) in [5.41, 5.74) is 7.62. The number of aliphatic imine (C=N–C) groups is 1. The molecule has 1 aliphatic heterocycles. The second-order valence-corrected chi connectivity index (χ2v) is 7.59. The summed E-state index contributed by atoms with van der Waals surface area (Å²) in [6, 6.07) is 3.18. The van der Waals surface area contributed by atoms with Gasteiger partial charge in [0, 0.05) is 18.7 Å².